The molecule has 1 heterocycles. The summed E-state index contributed by atoms with van der Waals surface area (Å²) in [5.41, 5.74) is -1.17. The van der Waals surface area contributed by atoms with E-state index >= 15 is 0 Å². The van der Waals surface area contributed by atoms with Crippen molar-refractivity contribution in [3.63, 3.8) is 0 Å². The van der Waals surface area contributed by atoms with Gasteiger partial charge in [-0.25, -0.2) is 8.42 Å². The lowest BCUT2D eigenvalue weighted by Gasteiger charge is -2.32. The minimum absolute atomic E-state index is 0.320. The summed E-state index contributed by atoms with van der Waals surface area (Å²) in [6.45, 7) is 8.69. The fourth-order valence-corrected chi connectivity index (χ4v) is 4.35. The molecular weight excluding hydrogens is 274 g/mol. The van der Waals surface area contributed by atoms with E-state index in [1.54, 1.807) is 34.6 Å². The molecule has 1 aliphatic heterocycles. The van der Waals surface area contributed by atoms with Crippen LogP contribution >= 0.6 is 0 Å². The van der Waals surface area contributed by atoms with Gasteiger partial charge in [0.05, 0.1) is 10.3 Å². The van der Waals surface area contributed by atoms with E-state index in [2.05, 4.69) is 0 Å². The molecule has 1 N–H and O–H groups in total. The largest absolute Gasteiger partial charge is 0.388 e. The monoisotopic (exact) mass is 297 g/mol. The maximum Gasteiger partial charge on any atom is 0.220 e. The molecule has 20 heavy (non-hydrogen) atoms. The van der Waals surface area contributed by atoms with Crippen LogP contribution in [0, 0.1) is 0 Å². The molecule has 0 radical (unpaired) electrons. The summed E-state index contributed by atoms with van der Waals surface area (Å²) < 4.78 is 25.9. The molecule has 2 atom stereocenters. The van der Waals surface area contributed by atoms with Crippen molar-refractivity contribution in [2.45, 2.75) is 50.5 Å². The van der Waals surface area contributed by atoms with Gasteiger partial charge in [0.2, 0.25) is 10.0 Å². The Kier molecular flexibility index (Phi) is 3.32. The first-order valence-electron chi connectivity index (χ1n) is 6.75. The Morgan fingerprint density at radius 3 is 2.00 bits per heavy atom. The van der Waals surface area contributed by atoms with Gasteiger partial charge in [-0.3, -0.25) is 0 Å². The zero-order valence-corrected chi connectivity index (χ0v) is 13.5. The minimum Gasteiger partial charge on any atom is -0.388 e. The third kappa shape index (κ3) is 2.08. The molecule has 1 aliphatic rings. The summed E-state index contributed by atoms with van der Waals surface area (Å²) in [5.74, 6) is 0. The third-order valence-electron chi connectivity index (χ3n) is 4.02. The molecule has 112 valence electrons. The van der Waals surface area contributed by atoms with Gasteiger partial charge in [-0.1, -0.05) is 30.3 Å². The highest BCUT2D eigenvalue weighted by atomic mass is 32.2. The maximum atomic E-state index is 12.7. The van der Waals surface area contributed by atoms with Gasteiger partial charge in [0.15, 0.2) is 0 Å². The zero-order valence-electron chi connectivity index (χ0n) is 12.7. The van der Waals surface area contributed by atoms with Crippen LogP contribution in [0.1, 0.15) is 40.2 Å². The van der Waals surface area contributed by atoms with Crippen LogP contribution in [0.15, 0.2) is 30.3 Å². The number of nitrogens with zero attached hydrogens (tertiary/aromatic N) is 1. The topological polar surface area (TPSA) is 57.4 Å². The summed E-state index contributed by atoms with van der Waals surface area (Å²) in [7, 11) is -3.47. The van der Waals surface area contributed by atoms with Crippen LogP contribution in [0.4, 0.5) is 0 Å². The van der Waals surface area contributed by atoms with Crippen molar-refractivity contribution >= 4 is 10.0 Å². The average molecular weight is 297 g/mol. The Morgan fingerprint density at radius 2 is 1.60 bits per heavy atom. The maximum absolute atomic E-state index is 12.7. The van der Waals surface area contributed by atoms with Gasteiger partial charge in [-0.2, -0.15) is 4.31 Å². The van der Waals surface area contributed by atoms with E-state index in [0.717, 1.165) is 5.56 Å². The van der Waals surface area contributed by atoms with Gasteiger partial charge in [-0.15, -0.1) is 0 Å². The SMILES string of the molecule is CC(C)(O)C1(c2ccccc2)CN1S(=O)(=O)C(C)(C)C. The van der Waals surface area contributed by atoms with Gasteiger partial charge in [-0.05, 0) is 40.2 Å². The van der Waals surface area contributed by atoms with Crippen LogP contribution in [-0.4, -0.2) is 34.7 Å². The van der Waals surface area contributed by atoms with E-state index in [1.807, 2.05) is 30.3 Å². The summed E-state index contributed by atoms with van der Waals surface area (Å²) in [6.07, 6.45) is 0. The van der Waals surface area contributed by atoms with E-state index in [9.17, 15) is 13.5 Å². The molecule has 1 aromatic carbocycles. The van der Waals surface area contributed by atoms with E-state index in [4.69, 9.17) is 0 Å². The molecule has 0 saturated carbocycles. The average Bonchev–Trinajstić information content (AvgIpc) is 3.05. The van der Waals surface area contributed by atoms with Crippen LogP contribution in [-0.2, 0) is 15.6 Å². The normalized spacial score (nSPS) is 27.4. The fourth-order valence-electron chi connectivity index (χ4n) is 2.59. The van der Waals surface area contributed by atoms with Gasteiger partial charge in [0, 0.05) is 6.54 Å². The smallest absolute Gasteiger partial charge is 0.220 e. The molecule has 0 aromatic heterocycles. The molecule has 5 heteroatoms. The van der Waals surface area contributed by atoms with Crippen molar-refractivity contribution in [1.29, 1.82) is 0 Å². The zero-order chi connectivity index (χ0) is 15.4. The van der Waals surface area contributed by atoms with Crippen LogP contribution in [0.2, 0.25) is 0 Å². The molecule has 1 fully saturated rings. The van der Waals surface area contributed by atoms with E-state index in [1.165, 1.54) is 4.31 Å². The molecule has 0 amide bonds. The van der Waals surface area contributed by atoms with Crippen LogP contribution < -0.4 is 0 Å². The van der Waals surface area contributed by atoms with Crippen LogP contribution in [0.5, 0.6) is 0 Å². The quantitative estimate of drug-likeness (QED) is 0.869. The fraction of sp³-hybridized carbons (Fsp3) is 0.600. The Balaban J connectivity index is 2.53. The summed E-state index contributed by atoms with van der Waals surface area (Å²) >= 11 is 0. The van der Waals surface area contributed by atoms with Crippen molar-refractivity contribution in [2.75, 3.05) is 6.54 Å². The van der Waals surface area contributed by atoms with Gasteiger partial charge >= 0.3 is 0 Å². The number of benzene rings is 1. The van der Waals surface area contributed by atoms with Gasteiger partial charge in [0.25, 0.3) is 0 Å². The predicted octanol–water partition coefficient (Wildman–Crippen LogP) is 2.10. The minimum atomic E-state index is -3.47. The first kappa shape index (κ1) is 15.5. The number of sulfonamides is 1. The van der Waals surface area contributed by atoms with E-state index < -0.39 is 25.9 Å². The number of rotatable bonds is 3. The van der Waals surface area contributed by atoms with Crippen LogP contribution in [0.25, 0.3) is 0 Å². The highest BCUT2D eigenvalue weighted by Crippen LogP contribution is 2.54. The molecule has 1 saturated heterocycles. The van der Waals surface area contributed by atoms with Crippen molar-refractivity contribution in [1.82, 2.24) is 4.31 Å². The summed E-state index contributed by atoms with van der Waals surface area (Å²) in [4.78, 5) is 0. The molecule has 2 unspecified atom stereocenters. The highest BCUT2D eigenvalue weighted by molar-refractivity contribution is 7.90. The molecule has 1 aromatic rings. The van der Waals surface area contributed by atoms with Gasteiger partial charge in [0.1, 0.15) is 5.54 Å². The Labute approximate surface area is 121 Å². The van der Waals surface area contributed by atoms with E-state index in [-0.39, 0.29) is 0 Å². The lowest BCUT2D eigenvalue weighted by atomic mass is 9.84. The number of aliphatic hydroxyl groups is 1. The summed E-state index contributed by atoms with van der Waals surface area (Å²) in [5, 5.41) is 10.6. The molecule has 0 spiro atoms. The summed E-state index contributed by atoms with van der Waals surface area (Å²) in [6, 6.07) is 9.35. The van der Waals surface area contributed by atoms with Crippen molar-refractivity contribution in [2.24, 2.45) is 0 Å². The number of hydrogen-bond donors (Lipinski definition) is 1. The molecule has 2 rings (SSSR count). The Morgan fingerprint density at radius 1 is 1.10 bits per heavy atom. The lowest BCUT2D eigenvalue weighted by molar-refractivity contribution is 0.0253. The first-order valence-corrected chi connectivity index (χ1v) is 8.19. The van der Waals surface area contributed by atoms with Crippen molar-refractivity contribution in [3.8, 4) is 0 Å². The first-order chi connectivity index (χ1) is 8.94. The third-order valence-corrected chi connectivity index (χ3v) is 6.59. The molecule has 4 nitrogen and oxygen atoms in total. The molecule has 0 bridgehead atoms. The second-order valence-corrected chi connectivity index (χ2v) is 9.53. The molecular formula is C15H23NO3S. The second kappa shape index (κ2) is 4.29. The lowest BCUT2D eigenvalue weighted by Crippen LogP contribution is -2.45. The standard InChI is InChI=1S/C15H23NO3S/c1-13(2,3)20(18,19)16-11-15(16,14(4,5)17)12-9-7-6-8-10-12/h6-10,17H,11H2,1-5H3. The molecule has 0 aliphatic carbocycles. The van der Waals surface area contributed by atoms with Crippen molar-refractivity contribution < 1.29 is 13.5 Å². The van der Waals surface area contributed by atoms with Crippen molar-refractivity contribution in [3.05, 3.63) is 35.9 Å². The second-order valence-electron chi connectivity index (χ2n) is 6.91. The van der Waals surface area contributed by atoms with Crippen LogP contribution in [0.3, 0.4) is 0 Å². The van der Waals surface area contributed by atoms with E-state index in [0.29, 0.717) is 6.54 Å². The Bertz CT molecular complexity index is 596. The Hall–Kier alpha value is -0.910. The van der Waals surface area contributed by atoms with Gasteiger partial charge < -0.3 is 5.11 Å². The highest BCUT2D eigenvalue weighted by Gasteiger charge is 2.68. The predicted molar refractivity (Wildman–Crippen MR) is 79.8 cm³/mol. The number of hydrogen-bond acceptors (Lipinski definition) is 3.